The molecule has 0 aliphatic carbocycles. The van der Waals surface area contributed by atoms with Crippen molar-refractivity contribution in [2.45, 2.75) is 58.1 Å². The van der Waals surface area contributed by atoms with Gasteiger partial charge < -0.3 is 14.9 Å². The predicted octanol–water partition coefficient (Wildman–Crippen LogP) is 3.05. The number of aliphatic hydroxyl groups excluding tert-OH is 1. The number of β-amino-alcohol motifs (C(OH)–C–C–N with tert-alkyl or cyclic N) is 1. The largest absolute Gasteiger partial charge is 0.391 e. The maximum atomic E-state index is 13.8. The Morgan fingerprint density at radius 1 is 1.11 bits per heavy atom. The van der Waals surface area contributed by atoms with Crippen LogP contribution in [0, 0.1) is 13.8 Å². The molecule has 0 radical (unpaired) electrons. The Kier molecular flexibility index (Phi) is 6.84. The van der Waals surface area contributed by atoms with Crippen molar-refractivity contribution in [2.24, 2.45) is 0 Å². The second kappa shape index (κ2) is 9.94. The molecular formula is C26H34N6O4S. The molecule has 5 rings (SSSR count). The van der Waals surface area contributed by atoms with Crippen LogP contribution in [-0.2, 0) is 10.0 Å². The summed E-state index contributed by atoms with van der Waals surface area (Å²) in [7, 11) is -3.55. The number of hydrogen-bond acceptors (Lipinski definition) is 7. The molecule has 2 N–H and O–H groups in total. The zero-order valence-electron chi connectivity index (χ0n) is 21.5. The average Bonchev–Trinajstić information content (AvgIpc) is 3.26. The first-order valence-corrected chi connectivity index (χ1v) is 14.7. The Hall–Kier alpha value is -3.18. The molecule has 2 fully saturated rings. The number of piperidine rings is 2. The van der Waals surface area contributed by atoms with E-state index in [0.717, 1.165) is 67.5 Å². The Morgan fingerprint density at radius 2 is 1.92 bits per heavy atom. The Labute approximate surface area is 217 Å². The van der Waals surface area contributed by atoms with Gasteiger partial charge in [-0.15, -0.1) is 0 Å². The Morgan fingerprint density at radius 3 is 2.68 bits per heavy atom. The van der Waals surface area contributed by atoms with Gasteiger partial charge in [0.05, 0.1) is 35.3 Å². The summed E-state index contributed by atoms with van der Waals surface area (Å²) >= 11 is 0. The molecule has 0 spiro atoms. The van der Waals surface area contributed by atoms with Crippen molar-refractivity contribution in [3.05, 3.63) is 52.8 Å². The second-order valence-corrected chi connectivity index (χ2v) is 12.0. The third-order valence-corrected chi connectivity index (χ3v) is 7.72. The van der Waals surface area contributed by atoms with E-state index in [2.05, 4.69) is 9.62 Å². The second-order valence-electron chi connectivity index (χ2n) is 10.3. The minimum absolute atomic E-state index is 0.219. The van der Waals surface area contributed by atoms with Gasteiger partial charge in [0.2, 0.25) is 10.0 Å². The molecule has 2 aliphatic rings. The lowest BCUT2D eigenvalue weighted by Gasteiger charge is -2.35. The van der Waals surface area contributed by atoms with Gasteiger partial charge >= 0.3 is 0 Å². The monoisotopic (exact) mass is 526 g/mol. The van der Waals surface area contributed by atoms with Gasteiger partial charge in [0.25, 0.3) is 5.91 Å². The van der Waals surface area contributed by atoms with E-state index in [1.165, 1.54) is 0 Å². The lowest BCUT2D eigenvalue weighted by molar-refractivity contribution is 0.0606. The molecule has 1 amide bonds. The smallest absolute Gasteiger partial charge is 0.256 e. The minimum Gasteiger partial charge on any atom is -0.391 e. The summed E-state index contributed by atoms with van der Waals surface area (Å²) in [5.41, 5.74) is 3.93. The number of anilines is 2. The highest BCUT2D eigenvalue weighted by Gasteiger charge is 2.32. The molecule has 4 heterocycles. The fourth-order valence-electron chi connectivity index (χ4n) is 5.41. The number of rotatable bonds is 5. The van der Waals surface area contributed by atoms with E-state index in [-0.39, 0.29) is 23.7 Å². The van der Waals surface area contributed by atoms with Crippen LogP contribution in [0.25, 0.3) is 5.65 Å². The molecule has 11 heteroatoms. The lowest BCUT2D eigenvalue weighted by atomic mass is 9.97. The molecule has 1 aromatic carbocycles. The number of aliphatic hydroxyl groups is 1. The molecule has 37 heavy (non-hydrogen) atoms. The average molecular weight is 527 g/mol. The zero-order chi connectivity index (χ0) is 26.3. The number of carbonyl (C=O) groups excluding carboxylic acids is 1. The van der Waals surface area contributed by atoms with Crippen molar-refractivity contribution in [2.75, 3.05) is 35.5 Å². The summed E-state index contributed by atoms with van der Waals surface area (Å²) in [5.74, 6) is 0.634. The number of hydrogen-bond donors (Lipinski definition) is 2. The van der Waals surface area contributed by atoms with Crippen LogP contribution in [0.4, 0.5) is 11.5 Å². The van der Waals surface area contributed by atoms with Gasteiger partial charge in [0.15, 0.2) is 5.65 Å². The Balaban J connectivity index is 1.48. The highest BCUT2D eigenvalue weighted by molar-refractivity contribution is 7.92. The van der Waals surface area contributed by atoms with Crippen LogP contribution in [0.1, 0.15) is 65.3 Å². The van der Waals surface area contributed by atoms with E-state index >= 15 is 0 Å². The number of fused-ring (bicyclic) bond motifs is 1. The Bertz CT molecular complexity index is 1440. The van der Waals surface area contributed by atoms with Gasteiger partial charge in [-0.3, -0.25) is 9.52 Å². The van der Waals surface area contributed by atoms with Crippen LogP contribution >= 0.6 is 0 Å². The first-order valence-electron chi connectivity index (χ1n) is 12.8. The van der Waals surface area contributed by atoms with Crippen molar-refractivity contribution >= 4 is 33.1 Å². The first-order chi connectivity index (χ1) is 17.6. The van der Waals surface area contributed by atoms with Crippen molar-refractivity contribution in [3.63, 3.8) is 0 Å². The molecule has 2 saturated heterocycles. The van der Waals surface area contributed by atoms with Crippen LogP contribution < -0.4 is 9.62 Å². The number of likely N-dealkylation sites (tertiary alicyclic amines) is 1. The van der Waals surface area contributed by atoms with Crippen LogP contribution in [0.2, 0.25) is 0 Å². The topological polar surface area (TPSA) is 120 Å². The quantitative estimate of drug-likeness (QED) is 0.524. The lowest BCUT2D eigenvalue weighted by Crippen LogP contribution is -2.39. The van der Waals surface area contributed by atoms with Crippen molar-refractivity contribution in [1.29, 1.82) is 0 Å². The number of nitrogens with one attached hydrogen (secondary N) is 1. The van der Waals surface area contributed by atoms with Gasteiger partial charge in [-0.1, -0.05) is 11.6 Å². The van der Waals surface area contributed by atoms with Gasteiger partial charge in [0, 0.05) is 37.5 Å². The first kappa shape index (κ1) is 25.5. The van der Waals surface area contributed by atoms with E-state index in [0.29, 0.717) is 24.3 Å². The summed E-state index contributed by atoms with van der Waals surface area (Å²) < 4.78 is 28.1. The maximum absolute atomic E-state index is 13.8. The highest BCUT2D eigenvalue weighted by atomic mass is 32.2. The van der Waals surface area contributed by atoms with Gasteiger partial charge in [-0.25, -0.2) is 17.9 Å². The summed E-state index contributed by atoms with van der Waals surface area (Å²) in [4.78, 5) is 22.6. The van der Waals surface area contributed by atoms with Crippen LogP contribution in [0.15, 0.2) is 30.5 Å². The molecule has 10 nitrogen and oxygen atoms in total. The molecule has 3 aromatic rings. The summed E-state index contributed by atoms with van der Waals surface area (Å²) in [5, 5.41) is 14.9. The number of aromatic nitrogens is 3. The minimum atomic E-state index is -3.55. The SMILES string of the molecule is Cc1ccc(NS(C)(=O)=O)c(C(=O)N2CCCCC2c2cc3nc(N4CCCC(O)C4)c(C)cn3n2)c1. The van der Waals surface area contributed by atoms with Crippen molar-refractivity contribution < 1.29 is 18.3 Å². The molecule has 2 unspecified atom stereocenters. The predicted molar refractivity (Wildman–Crippen MR) is 142 cm³/mol. The summed E-state index contributed by atoms with van der Waals surface area (Å²) in [6.45, 7) is 5.86. The third kappa shape index (κ3) is 5.42. The van der Waals surface area contributed by atoms with Crippen molar-refractivity contribution in [3.8, 4) is 0 Å². The molecule has 2 atom stereocenters. The van der Waals surface area contributed by atoms with Crippen LogP contribution in [-0.4, -0.2) is 70.9 Å². The standard InChI is InChI=1S/C26H34N6O4S/c1-17-9-10-21(29-37(3,35)36)20(13-17)26(34)31-12-5-4-8-23(31)22-14-24-27-25(18(2)15-32(24)28-22)30-11-6-7-19(33)16-30/h9-10,13-15,19,23,29,33H,4-8,11-12,16H2,1-3H3. The van der Waals surface area contributed by atoms with Gasteiger partial charge in [0.1, 0.15) is 5.82 Å². The van der Waals surface area contributed by atoms with Crippen LogP contribution in [0.5, 0.6) is 0 Å². The van der Waals surface area contributed by atoms with Gasteiger partial charge in [-0.2, -0.15) is 5.10 Å². The highest BCUT2D eigenvalue weighted by Crippen LogP contribution is 2.34. The molecule has 2 aromatic heterocycles. The third-order valence-electron chi connectivity index (χ3n) is 7.13. The van der Waals surface area contributed by atoms with Crippen LogP contribution in [0.3, 0.4) is 0 Å². The fourth-order valence-corrected chi connectivity index (χ4v) is 5.99. The molecule has 0 bridgehead atoms. The van der Waals surface area contributed by atoms with E-state index in [1.54, 1.807) is 22.7 Å². The molecule has 198 valence electrons. The molecular weight excluding hydrogens is 492 g/mol. The van der Waals surface area contributed by atoms with E-state index in [4.69, 9.17) is 10.1 Å². The number of nitrogens with zero attached hydrogens (tertiary/aromatic N) is 5. The van der Waals surface area contributed by atoms with Crippen molar-refractivity contribution in [1.82, 2.24) is 19.5 Å². The zero-order valence-corrected chi connectivity index (χ0v) is 22.3. The normalized spacial score (nSPS) is 20.9. The molecule has 2 aliphatic heterocycles. The maximum Gasteiger partial charge on any atom is 0.256 e. The fraction of sp³-hybridized carbons (Fsp3) is 0.500. The van der Waals surface area contributed by atoms with E-state index < -0.39 is 10.0 Å². The number of benzene rings is 1. The van der Waals surface area contributed by atoms with E-state index in [1.807, 2.05) is 31.0 Å². The number of sulfonamides is 1. The number of amides is 1. The van der Waals surface area contributed by atoms with E-state index in [9.17, 15) is 18.3 Å². The number of carbonyl (C=O) groups is 1. The van der Waals surface area contributed by atoms with Gasteiger partial charge in [-0.05, 0) is 58.1 Å². The molecule has 0 saturated carbocycles. The summed E-state index contributed by atoms with van der Waals surface area (Å²) in [6.07, 6.45) is 7.01. The summed E-state index contributed by atoms with van der Waals surface area (Å²) in [6, 6.07) is 6.85. The number of aryl methyl sites for hydroxylation is 2.